The molecule has 1 aliphatic rings. The van der Waals surface area contributed by atoms with Gasteiger partial charge in [-0.25, -0.2) is 0 Å². The maximum Gasteiger partial charge on any atom is 0.325 e. The van der Waals surface area contributed by atoms with Gasteiger partial charge in [-0.05, 0) is 67.7 Å². The summed E-state index contributed by atoms with van der Waals surface area (Å²) >= 11 is 5.71. The molecule has 216 valence electrons. The molecule has 9 nitrogen and oxygen atoms in total. The third kappa shape index (κ3) is 5.80. The summed E-state index contributed by atoms with van der Waals surface area (Å²) in [5.41, 5.74) is 2.62. The number of benzene rings is 3. The van der Waals surface area contributed by atoms with Crippen molar-refractivity contribution < 1.29 is 28.5 Å². The molecule has 1 saturated heterocycles. The lowest BCUT2D eigenvalue weighted by Gasteiger charge is -2.19. The van der Waals surface area contributed by atoms with Crippen molar-refractivity contribution in [2.45, 2.75) is 13.5 Å². The number of methoxy groups -OCH3 is 2. The monoisotopic (exact) mass is 585 g/mol. The van der Waals surface area contributed by atoms with Crippen LogP contribution in [0.4, 0.5) is 5.69 Å². The van der Waals surface area contributed by atoms with Crippen LogP contribution < -0.4 is 19.1 Å². The maximum absolute atomic E-state index is 13.9. The number of para-hydroxylation sites is 3. The fraction of sp³-hybridized carbons (Fsp3) is 0.219. The molecule has 0 atom stereocenters. The first-order valence-electron chi connectivity index (χ1n) is 13.5. The summed E-state index contributed by atoms with van der Waals surface area (Å²) in [4.78, 5) is 29.1. The molecule has 1 amide bonds. The van der Waals surface area contributed by atoms with Crippen LogP contribution in [0.25, 0.3) is 17.0 Å². The molecule has 0 N–H and O–H groups in total. The van der Waals surface area contributed by atoms with Gasteiger partial charge < -0.3 is 28.4 Å². The van der Waals surface area contributed by atoms with Crippen molar-refractivity contribution in [2.75, 3.05) is 38.9 Å². The molecule has 0 saturated carbocycles. The Bertz CT molecular complexity index is 1650. The van der Waals surface area contributed by atoms with Crippen LogP contribution in [0.3, 0.4) is 0 Å². The number of ether oxygens (including phenoxy) is 4. The van der Waals surface area contributed by atoms with Crippen molar-refractivity contribution in [3.63, 3.8) is 0 Å². The molecular weight excluding hydrogens is 554 g/mol. The molecule has 10 heteroatoms. The van der Waals surface area contributed by atoms with E-state index in [4.69, 9.17) is 31.2 Å². The molecule has 1 aromatic heterocycles. The van der Waals surface area contributed by atoms with Gasteiger partial charge in [-0.2, -0.15) is 0 Å². The van der Waals surface area contributed by atoms with Gasteiger partial charge in [0.05, 0.1) is 33.1 Å². The second-order valence-electron chi connectivity index (χ2n) is 9.34. The Morgan fingerprint density at radius 2 is 1.64 bits per heavy atom. The molecule has 0 bridgehead atoms. The number of amides is 1. The highest BCUT2D eigenvalue weighted by atomic mass is 32.1. The van der Waals surface area contributed by atoms with E-state index in [1.165, 1.54) is 16.9 Å². The highest BCUT2D eigenvalue weighted by molar-refractivity contribution is 7.80. The van der Waals surface area contributed by atoms with Gasteiger partial charge in [-0.3, -0.25) is 14.5 Å². The van der Waals surface area contributed by atoms with Crippen LogP contribution in [0.1, 0.15) is 12.5 Å². The number of anilines is 1. The van der Waals surface area contributed by atoms with Gasteiger partial charge in [-0.1, -0.05) is 30.3 Å². The summed E-state index contributed by atoms with van der Waals surface area (Å²) in [5, 5.41) is 1.13. The summed E-state index contributed by atoms with van der Waals surface area (Å²) in [6.45, 7) is 3.18. The number of carbonyl (C=O) groups is 2. The molecule has 0 unspecified atom stereocenters. The lowest BCUT2D eigenvalue weighted by atomic mass is 10.1. The Labute approximate surface area is 249 Å². The number of nitrogens with zero attached hydrogens (tertiary/aromatic N) is 3. The molecule has 1 aliphatic heterocycles. The van der Waals surface area contributed by atoms with E-state index >= 15 is 0 Å². The Hall–Kier alpha value is -4.83. The van der Waals surface area contributed by atoms with E-state index in [1.807, 2.05) is 61.7 Å². The van der Waals surface area contributed by atoms with Crippen LogP contribution in [-0.4, -0.2) is 60.4 Å². The number of thiocarbonyl (C=S) groups is 1. The third-order valence-corrected chi connectivity index (χ3v) is 7.23. The zero-order chi connectivity index (χ0) is 29.6. The van der Waals surface area contributed by atoms with Gasteiger partial charge in [0.15, 0.2) is 16.6 Å². The van der Waals surface area contributed by atoms with E-state index in [9.17, 15) is 9.59 Å². The number of hydrogen-bond donors (Lipinski definition) is 0. The molecule has 0 aliphatic carbocycles. The van der Waals surface area contributed by atoms with Crippen LogP contribution in [-0.2, 0) is 20.9 Å². The van der Waals surface area contributed by atoms with E-state index in [1.54, 1.807) is 37.5 Å². The fourth-order valence-electron chi connectivity index (χ4n) is 4.83. The Morgan fingerprint density at radius 1 is 0.929 bits per heavy atom. The van der Waals surface area contributed by atoms with Crippen molar-refractivity contribution in [1.29, 1.82) is 0 Å². The molecular formula is C32H31N3O6S. The molecule has 0 spiro atoms. The van der Waals surface area contributed by atoms with E-state index in [0.29, 0.717) is 42.7 Å². The zero-order valence-corrected chi connectivity index (χ0v) is 24.4. The van der Waals surface area contributed by atoms with Crippen LogP contribution in [0.2, 0.25) is 0 Å². The minimum absolute atomic E-state index is 0.190. The van der Waals surface area contributed by atoms with Gasteiger partial charge in [0.25, 0.3) is 5.91 Å². The standard InChI is InChI=1S/C32H31N3O6S/c1-4-40-24-15-13-23(14-16-24)35-31(37)27(34(32(35)42)21-30(36)39-3)19-22-20-33(26-10-6-5-9-25(22)26)17-18-41-29-12-8-7-11-28(29)38-2/h5-16,19-20H,4,17-18,21H2,1-3H3/b27-19-. The minimum Gasteiger partial charge on any atom is -0.494 e. The second-order valence-corrected chi connectivity index (χ2v) is 9.70. The van der Waals surface area contributed by atoms with Crippen molar-refractivity contribution in [1.82, 2.24) is 9.47 Å². The summed E-state index contributed by atoms with van der Waals surface area (Å²) in [6.07, 6.45) is 3.74. The first-order chi connectivity index (χ1) is 20.4. The summed E-state index contributed by atoms with van der Waals surface area (Å²) in [5.74, 6) is 1.16. The average molecular weight is 586 g/mol. The van der Waals surface area contributed by atoms with Gasteiger partial charge >= 0.3 is 5.97 Å². The zero-order valence-electron chi connectivity index (χ0n) is 23.6. The molecule has 3 aromatic carbocycles. The molecule has 42 heavy (non-hydrogen) atoms. The van der Waals surface area contributed by atoms with E-state index in [0.717, 1.165) is 16.5 Å². The molecule has 1 fully saturated rings. The fourth-order valence-corrected chi connectivity index (χ4v) is 5.18. The van der Waals surface area contributed by atoms with E-state index in [-0.39, 0.29) is 23.3 Å². The number of fused-ring (bicyclic) bond motifs is 1. The topological polar surface area (TPSA) is 82.5 Å². The normalized spacial score (nSPS) is 14.1. The first-order valence-corrected chi connectivity index (χ1v) is 13.9. The Kier molecular flexibility index (Phi) is 8.73. The number of aromatic nitrogens is 1. The van der Waals surface area contributed by atoms with E-state index in [2.05, 4.69) is 4.57 Å². The number of rotatable bonds is 11. The largest absolute Gasteiger partial charge is 0.494 e. The average Bonchev–Trinajstić information content (AvgIpc) is 3.47. The second kappa shape index (κ2) is 12.8. The Morgan fingerprint density at radius 3 is 2.36 bits per heavy atom. The molecule has 5 rings (SSSR count). The molecule has 4 aromatic rings. The van der Waals surface area contributed by atoms with Crippen molar-refractivity contribution in [3.8, 4) is 17.2 Å². The van der Waals surface area contributed by atoms with Crippen LogP contribution >= 0.6 is 12.2 Å². The predicted octanol–water partition coefficient (Wildman–Crippen LogP) is 5.28. The van der Waals surface area contributed by atoms with Gasteiger partial charge in [-0.15, -0.1) is 0 Å². The Balaban J connectivity index is 1.47. The van der Waals surface area contributed by atoms with Gasteiger partial charge in [0, 0.05) is 22.7 Å². The van der Waals surface area contributed by atoms with Gasteiger partial charge in [0.2, 0.25) is 0 Å². The first kappa shape index (κ1) is 28.7. The maximum atomic E-state index is 13.9. The SMILES string of the molecule is CCOc1ccc(N2C(=O)/C(=C/c3cn(CCOc4ccccc4OC)c4ccccc34)N(CC(=O)OC)C2=S)cc1. The lowest BCUT2D eigenvalue weighted by molar-refractivity contribution is -0.140. The minimum atomic E-state index is -0.513. The summed E-state index contributed by atoms with van der Waals surface area (Å²) < 4.78 is 23.9. The lowest BCUT2D eigenvalue weighted by Crippen LogP contribution is -2.35. The summed E-state index contributed by atoms with van der Waals surface area (Å²) in [6, 6.07) is 22.5. The number of carbonyl (C=O) groups excluding carboxylic acids is 2. The highest BCUT2D eigenvalue weighted by Gasteiger charge is 2.40. The van der Waals surface area contributed by atoms with Gasteiger partial charge in [0.1, 0.15) is 24.6 Å². The van der Waals surface area contributed by atoms with Crippen LogP contribution in [0.5, 0.6) is 17.2 Å². The van der Waals surface area contributed by atoms with Crippen molar-refractivity contribution >= 4 is 51.9 Å². The predicted molar refractivity (Wildman–Crippen MR) is 165 cm³/mol. The number of hydrogen-bond acceptors (Lipinski definition) is 7. The summed E-state index contributed by atoms with van der Waals surface area (Å²) in [7, 11) is 2.91. The van der Waals surface area contributed by atoms with Crippen LogP contribution in [0, 0.1) is 0 Å². The molecule has 0 radical (unpaired) electrons. The van der Waals surface area contributed by atoms with Crippen LogP contribution in [0.15, 0.2) is 84.7 Å². The third-order valence-electron chi connectivity index (χ3n) is 6.83. The van der Waals surface area contributed by atoms with E-state index < -0.39 is 5.97 Å². The smallest absolute Gasteiger partial charge is 0.325 e. The molecule has 2 heterocycles. The number of esters is 1. The quantitative estimate of drug-likeness (QED) is 0.134. The van der Waals surface area contributed by atoms with Crippen molar-refractivity contribution in [2.24, 2.45) is 0 Å². The van der Waals surface area contributed by atoms with Crippen molar-refractivity contribution in [3.05, 3.63) is 90.3 Å². The highest BCUT2D eigenvalue weighted by Crippen LogP contribution is 2.32.